The van der Waals surface area contributed by atoms with Gasteiger partial charge in [-0.1, -0.05) is 42.5 Å². The zero-order valence-electron chi connectivity index (χ0n) is 18.8. The first-order valence-electron chi connectivity index (χ1n) is 11.3. The Morgan fingerprint density at radius 1 is 1.18 bits per heavy atom. The van der Waals surface area contributed by atoms with Crippen LogP contribution in [0.15, 0.2) is 60.0 Å². The standard InChI is InChI=1S/C26H29N3O3S/c1-32-26(31)21-9-7-19(8-10-21)17-27-15-13-22-11-12-25(30)29(22)16-14-24-28-23(18-33-24)20-5-3-2-4-6-20/h2-10,18,22,27H,11-17H2,1H3. The van der Waals surface area contributed by atoms with Crippen LogP contribution in [0.5, 0.6) is 0 Å². The largest absolute Gasteiger partial charge is 0.465 e. The molecule has 4 rings (SSSR count). The van der Waals surface area contributed by atoms with Crippen LogP contribution in [-0.2, 0) is 22.5 Å². The van der Waals surface area contributed by atoms with Crippen LogP contribution in [0, 0.1) is 0 Å². The number of carbonyl (C=O) groups is 2. The van der Waals surface area contributed by atoms with Gasteiger partial charge in [-0.2, -0.15) is 0 Å². The third kappa shape index (κ3) is 6.06. The molecule has 7 heteroatoms. The maximum absolute atomic E-state index is 12.4. The molecule has 1 fully saturated rings. The monoisotopic (exact) mass is 463 g/mol. The molecule has 0 radical (unpaired) electrons. The smallest absolute Gasteiger partial charge is 0.337 e. The van der Waals surface area contributed by atoms with Gasteiger partial charge in [-0.15, -0.1) is 11.3 Å². The average Bonchev–Trinajstić information content (AvgIpc) is 3.47. The summed E-state index contributed by atoms with van der Waals surface area (Å²) in [7, 11) is 1.38. The van der Waals surface area contributed by atoms with Crippen LogP contribution >= 0.6 is 11.3 Å². The van der Waals surface area contributed by atoms with Gasteiger partial charge in [0.1, 0.15) is 0 Å². The molecule has 3 aromatic rings. The second-order valence-electron chi connectivity index (χ2n) is 8.18. The van der Waals surface area contributed by atoms with Crippen molar-refractivity contribution in [2.45, 2.75) is 38.3 Å². The number of hydrogen-bond donors (Lipinski definition) is 1. The minimum absolute atomic E-state index is 0.248. The van der Waals surface area contributed by atoms with Crippen molar-refractivity contribution >= 4 is 23.2 Å². The number of benzene rings is 2. The predicted molar refractivity (Wildman–Crippen MR) is 130 cm³/mol. The number of nitrogens with one attached hydrogen (secondary N) is 1. The molecule has 1 amide bonds. The van der Waals surface area contributed by atoms with Gasteiger partial charge in [-0.05, 0) is 37.1 Å². The number of carbonyl (C=O) groups excluding carboxylic acids is 2. The summed E-state index contributed by atoms with van der Waals surface area (Å²) in [6.07, 6.45) is 3.27. The lowest BCUT2D eigenvalue weighted by Crippen LogP contribution is -2.36. The normalized spacial score (nSPS) is 15.7. The molecule has 0 aliphatic carbocycles. The number of amides is 1. The zero-order chi connectivity index (χ0) is 23.0. The third-order valence-electron chi connectivity index (χ3n) is 6.00. The van der Waals surface area contributed by atoms with Crippen LogP contribution in [0.1, 0.15) is 40.2 Å². The Bertz CT molecular complexity index is 1070. The van der Waals surface area contributed by atoms with E-state index in [9.17, 15) is 9.59 Å². The lowest BCUT2D eigenvalue weighted by molar-refractivity contribution is -0.129. The molecule has 1 aromatic heterocycles. The van der Waals surface area contributed by atoms with Gasteiger partial charge < -0.3 is 15.0 Å². The van der Waals surface area contributed by atoms with Crippen molar-refractivity contribution in [3.63, 3.8) is 0 Å². The molecule has 0 spiro atoms. The molecule has 0 bridgehead atoms. The number of rotatable bonds is 10. The summed E-state index contributed by atoms with van der Waals surface area (Å²) in [5, 5.41) is 6.62. The van der Waals surface area contributed by atoms with E-state index < -0.39 is 0 Å². The number of methoxy groups -OCH3 is 1. The molecule has 1 aliphatic rings. The first-order chi connectivity index (χ1) is 16.1. The van der Waals surface area contributed by atoms with E-state index in [-0.39, 0.29) is 17.9 Å². The van der Waals surface area contributed by atoms with Gasteiger partial charge in [0, 0.05) is 42.9 Å². The lowest BCUT2D eigenvalue weighted by Gasteiger charge is -2.24. The highest BCUT2D eigenvalue weighted by atomic mass is 32.1. The van der Waals surface area contributed by atoms with Gasteiger partial charge in [0.05, 0.1) is 23.4 Å². The van der Waals surface area contributed by atoms with E-state index in [2.05, 4.69) is 22.8 Å². The van der Waals surface area contributed by atoms with Gasteiger partial charge in [0.25, 0.3) is 0 Å². The number of hydrogen-bond acceptors (Lipinski definition) is 6. The van der Waals surface area contributed by atoms with Crippen LogP contribution in [0.2, 0.25) is 0 Å². The van der Waals surface area contributed by atoms with Gasteiger partial charge in [-0.25, -0.2) is 9.78 Å². The molecule has 6 nitrogen and oxygen atoms in total. The molecule has 172 valence electrons. The summed E-state index contributed by atoms with van der Waals surface area (Å²) in [5.74, 6) is -0.0761. The van der Waals surface area contributed by atoms with Crippen LogP contribution < -0.4 is 5.32 Å². The fourth-order valence-corrected chi connectivity index (χ4v) is 4.96. The Hall–Kier alpha value is -3.03. The highest BCUT2D eigenvalue weighted by molar-refractivity contribution is 7.09. The Balaban J connectivity index is 1.23. The third-order valence-corrected chi connectivity index (χ3v) is 6.91. The number of ether oxygens (including phenoxy) is 1. The molecule has 1 unspecified atom stereocenters. The highest BCUT2D eigenvalue weighted by Gasteiger charge is 2.30. The summed E-state index contributed by atoms with van der Waals surface area (Å²) < 4.78 is 4.73. The first-order valence-corrected chi connectivity index (χ1v) is 12.2. The quantitative estimate of drug-likeness (QED) is 0.358. The van der Waals surface area contributed by atoms with Crippen molar-refractivity contribution in [2.24, 2.45) is 0 Å². The van der Waals surface area contributed by atoms with Crippen molar-refractivity contribution in [2.75, 3.05) is 20.2 Å². The van der Waals surface area contributed by atoms with E-state index in [0.717, 1.165) is 60.7 Å². The second-order valence-corrected chi connectivity index (χ2v) is 9.12. The molecule has 1 saturated heterocycles. The molecule has 33 heavy (non-hydrogen) atoms. The summed E-state index contributed by atoms with van der Waals surface area (Å²) >= 11 is 1.66. The number of thiazole rings is 1. The Morgan fingerprint density at radius 2 is 1.97 bits per heavy atom. The van der Waals surface area contributed by atoms with E-state index in [0.29, 0.717) is 12.0 Å². The molecular weight excluding hydrogens is 434 g/mol. The van der Waals surface area contributed by atoms with Crippen molar-refractivity contribution in [3.05, 3.63) is 76.1 Å². The van der Waals surface area contributed by atoms with E-state index in [1.807, 2.05) is 35.2 Å². The van der Waals surface area contributed by atoms with Crippen LogP contribution in [0.4, 0.5) is 0 Å². The SMILES string of the molecule is COC(=O)c1ccc(CNCCC2CCC(=O)N2CCc2nc(-c3ccccc3)cs2)cc1. The van der Waals surface area contributed by atoms with E-state index in [4.69, 9.17) is 9.72 Å². The maximum atomic E-state index is 12.4. The van der Waals surface area contributed by atoms with Crippen LogP contribution in [0.25, 0.3) is 11.3 Å². The average molecular weight is 464 g/mol. The fourth-order valence-electron chi connectivity index (χ4n) is 4.16. The minimum atomic E-state index is -0.325. The summed E-state index contributed by atoms with van der Waals surface area (Å²) in [5.41, 5.74) is 3.79. The Morgan fingerprint density at radius 3 is 2.73 bits per heavy atom. The first kappa shape index (κ1) is 23.1. The number of esters is 1. The second kappa shape index (κ2) is 11.2. The van der Waals surface area contributed by atoms with Crippen LogP contribution in [-0.4, -0.2) is 48.0 Å². The predicted octanol–water partition coefficient (Wildman–Crippen LogP) is 4.31. The summed E-state index contributed by atoms with van der Waals surface area (Å²) in [6, 6.07) is 17.9. The van der Waals surface area contributed by atoms with Crippen molar-refractivity contribution in [1.82, 2.24) is 15.2 Å². The van der Waals surface area contributed by atoms with Crippen LogP contribution in [0.3, 0.4) is 0 Å². The van der Waals surface area contributed by atoms with E-state index in [1.54, 1.807) is 23.5 Å². The summed E-state index contributed by atoms with van der Waals surface area (Å²) in [6.45, 7) is 2.28. The van der Waals surface area contributed by atoms with E-state index in [1.165, 1.54) is 7.11 Å². The highest BCUT2D eigenvalue weighted by Crippen LogP contribution is 2.24. The van der Waals surface area contributed by atoms with Gasteiger partial charge in [0.2, 0.25) is 5.91 Å². The Kier molecular flexibility index (Phi) is 7.86. The van der Waals surface area contributed by atoms with Crippen molar-refractivity contribution in [1.29, 1.82) is 0 Å². The molecule has 1 N–H and O–H groups in total. The molecular formula is C26H29N3O3S. The number of nitrogens with zero attached hydrogens (tertiary/aromatic N) is 2. The molecule has 2 aromatic carbocycles. The molecule has 0 saturated carbocycles. The number of likely N-dealkylation sites (tertiary alicyclic amines) is 1. The zero-order valence-corrected chi connectivity index (χ0v) is 19.6. The topological polar surface area (TPSA) is 71.5 Å². The van der Waals surface area contributed by atoms with Gasteiger partial charge in [-0.3, -0.25) is 4.79 Å². The molecule has 2 heterocycles. The number of aromatic nitrogens is 1. The van der Waals surface area contributed by atoms with Crippen molar-refractivity contribution in [3.8, 4) is 11.3 Å². The van der Waals surface area contributed by atoms with E-state index >= 15 is 0 Å². The minimum Gasteiger partial charge on any atom is -0.465 e. The van der Waals surface area contributed by atoms with Crippen molar-refractivity contribution < 1.29 is 14.3 Å². The van der Waals surface area contributed by atoms with Gasteiger partial charge in [0.15, 0.2) is 0 Å². The Labute approximate surface area is 198 Å². The maximum Gasteiger partial charge on any atom is 0.337 e. The van der Waals surface area contributed by atoms with Gasteiger partial charge >= 0.3 is 5.97 Å². The molecule has 1 atom stereocenters. The summed E-state index contributed by atoms with van der Waals surface area (Å²) in [4.78, 5) is 30.8. The lowest BCUT2D eigenvalue weighted by atomic mass is 10.1. The fraction of sp³-hybridized carbons (Fsp3) is 0.346. The molecule has 1 aliphatic heterocycles.